The SMILES string of the molecule is C=O.Cc1ccc(C(=O)Nc2cc(Cl)c(NC(C)S(=O)(=O)c3ccc(C)c(C)c3)cc2O)cc1. The van der Waals surface area contributed by atoms with Crippen LogP contribution in [0.2, 0.25) is 5.02 Å². The minimum atomic E-state index is -3.70. The fourth-order valence-electron chi connectivity index (χ4n) is 3.06. The maximum atomic E-state index is 13.0. The van der Waals surface area contributed by atoms with Crippen molar-refractivity contribution in [3.05, 3.63) is 81.9 Å². The molecule has 7 nitrogen and oxygen atoms in total. The summed E-state index contributed by atoms with van der Waals surface area (Å²) in [5, 5.41) is 15.0. The van der Waals surface area contributed by atoms with Crippen molar-refractivity contribution >= 4 is 45.5 Å². The van der Waals surface area contributed by atoms with E-state index >= 15 is 0 Å². The van der Waals surface area contributed by atoms with Crippen LogP contribution >= 0.6 is 11.6 Å². The Balaban J connectivity index is 0.00000199. The Hall–Kier alpha value is -3.36. The van der Waals surface area contributed by atoms with Crippen LogP contribution in [-0.4, -0.2) is 31.6 Å². The van der Waals surface area contributed by atoms with Crippen LogP contribution in [0.3, 0.4) is 0 Å². The van der Waals surface area contributed by atoms with Crippen LogP contribution in [0.4, 0.5) is 11.4 Å². The summed E-state index contributed by atoms with van der Waals surface area (Å²) in [6, 6.07) is 14.6. The number of halogens is 1. The summed E-state index contributed by atoms with van der Waals surface area (Å²) >= 11 is 6.32. The number of phenols is 1. The van der Waals surface area contributed by atoms with Crippen molar-refractivity contribution in [2.24, 2.45) is 0 Å². The van der Waals surface area contributed by atoms with E-state index in [-0.39, 0.29) is 27.0 Å². The highest BCUT2D eigenvalue weighted by molar-refractivity contribution is 7.92. The van der Waals surface area contributed by atoms with E-state index in [1.165, 1.54) is 19.1 Å². The van der Waals surface area contributed by atoms with Crippen molar-refractivity contribution < 1.29 is 23.1 Å². The van der Waals surface area contributed by atoms with Crippen molar-refractivity contribution in [2.75, 3.05) is 10.6 Å². The molecule has 3 rings (SSSR count). The molecule has 180 valence electrons. The molecule has 0 radical (unpaired) electrons. The van der Waals surface area contributed by atoms with Crippen LogP contribution in [0.25, 0.3) is 0 Å². The molecule has 0 bridgehead atoms. The molecule has 1 atom stereocenters. The molecule has 0 spiro atoms. The molecule has 3 aromatic carbocycles. The molecule has 0 aliphatic heterocycles. The van der Waals surface area contributed by atoms with Crippen molar-refractivity contribution in [2.45, 2.75) is 38.0 Å². The van der Waals surface area contributed by atoms with Crippen LogP contribution in [-0.2, 0) is 14.6 Å². The number of aryl methyl sites for hydroxylation is 3. The van der Waals surface area contributed by atoms with E-state index in [1.54, 1.807) is 30.3 Å². The van der Waals surface area contributed by atoms with Gasteiger partial charge in [-0.1, -0.05) is 35.4 Å². The molecule has 3 N–H and O–H groups in total. The maximum absolute atomic E-state index is 13.0. The fourth-order valence-corrected chi connectivity index (χ4v) is 4.57. The van der Waals surface area contributed by atoms with Gasteiger partial charge in [-0.15, -0.1) is 0 Å². The van der Waals surface area contributed by atoms with Crippen molar-refractivity contribution in [1.29, 1.82) is 0 Å². The van der Waals surface area contributed by atoms with Gasteiger partial charge in [0.1, 0.15) is 17.9 Å². The van der Waals surface area contributed by atoms with E-state index in [4.69, 9.17) is 16.4 Å². The zero-order valence-electron chi connectivity index (χ0n) is 19.3. The number of hydrogen-bond donors (Lipinski definition) is 3. The number of hydrogen-bond acceptors (Lipinski definition) is 6. The van der Waals surface area contributed by atoms with Gasteiger partial charge in [0.25, 0.3) is 5.91 Å². The Bertz CT molecular complexity index is 1290. The summed E-state index contributed by atoms with van der Waals surface area (Å²) in [4.78, 5) is 20.6. The first kappa shape index (κ1) is 26.9. The average Bonchev–Trinajstić information content (AvgIpc) is 2.80. The van der Waals surface area contributed by atoms with Crippen molar-refractivity contribution in [3.63, 3.8) is 0 Å². The summed E-state index contributed by atoms with van der Waals surface area (Å²) in [6.07, 6.45) is 0. The maximum Gasteiger partial charge on any atom is 0.255 e. The van der Waals surface area contributed by atoms with Crippen LogP contribution in [0.5, 0.6) is 5.75 Å². The molecular weight excluding hydrogens is 476 g/mol. The van der Waals surface area contributed by atoms with Crippen LogP contribution in [0.15, 0.2) is 59.5 Å². The van der Waals surface area contributed by atoms with Crippen LogP contribution in [0, 0.1) is 20.8 Å². The molecule has 0 aliphatic rings. The van der Waals surface area contributed by atoms with E-state index in [0.29, 0.717) is 5.56 Å². The summed E-state index contributed by atoms with van der Waals surface area (Å²) in [7, 11) is -3.70. The third kappa shape index (κ3) is 6.15. The molecule has 0 heterocycles. The first-order valence-electron chi connectivity index (χ1n) is 10.3. The third-order valence-electron chi connectivity index (χ3n) is 5.28. The highest BCUT2D eigenvalue weighted by Crippen LogP contribution is 2.35. The van der Waals surface area contributed by atoms with Gasteiger partial charge in [-0.2, -0.15) is 0 Å². The highest BCUT2D eigenvalue weighted by Gasteiger charge is 2.25. The molecule has 0 saturated carbocycles. The number of carbonyl (C=O) groups is 2. The highest BCUT2D eigenvalue weighted by atomic mass is 35.5. The minimum absolute atomic E-state index is 0.121. The van der Waals surface area contributed by atoms with Gasteiger partial charge in [-0.05, 0) is 69.2 Å². The Morgan fingerprint density at radius 1 is 0.941 bits per heavy atom. The Morgan fingerprint density at radius 3 is 2.15 bits per heavy atom. The molecule has 0 fully saturated rings. The number of nitrogens with one attached hydrogen (secondary N) is 2. The average molecular weight is 503 g/mol. The van der Waals surface area contributed by atoms with E-state index in [1.807, 2.05) is 39.7 Å². The summed E-state index contributed by atoms with van der Waals surface area (Å²) in [5.41, 5.74) is 3.69. The zero-order valence-corrected chi connectivity index (χ0v) is 20.9. The molecule has 3 aromatic rings. The molecule has 34 heavy (non-hydrogen) atoms. The van der Waals surface area contributed by atoms with Gasteiger partial charge in [0.05, 0.1) is 21.3 Å². The first-order chi connectivity index (χ1) is 16.0. The molecule has 1 unspecified atom stereocenters. The van der Waals surface area contributed by atoms with E-state index in [9.17, 15) is 18.3 Å². The standard InChI is InChI=1S/C24H25ClN2O4S.CH2O/c1-14-5-8-18(9-6-14)24(29)27-22-12-20(25)21(13-23(22)28)26-17(4)32(30,31)19-10-7-15(2)16(3)11-19;1-2/h5-13,17,26,28H,1-4H3,(H,27,29);1H2. The predicted molar refractivity (Wildman–Crippen MR) is 136 cm³/mol. The number of phenolic OH excluding ortho intramolecular Hbond substituents is 1. The van der Waals surface area contributed by atoms with E-state index < -0.39 is 21.1 Å². The lowest BCUT2D eigenvalue weighted by molar-refractivity contribution is -0.0980. The van der Waals surface area contributed by atoms with Crippen LogP contribution < -0.4 is 10.6 Å². The zero-order chi connectivity index (χ0) is 25.6. The second-order valence-electron chi connectivity index (χ2n) is 7.75. The summed E-state index contributed by atoms with van der Waals surface area (Å²) in [6.45, 7) is 9.19. The minimum Gasteiger partial charge on any atom is -0.506 e. The third-order valence-corrected chi connectivity index (χ3v) is 7.55. The monoisotopic (exact) mass is 502 g/mol. The molecule has 0 aliphatic carbocycles. The number of aromatic hydroxyl groups is 1. The summed E-state index contributed by atoms with van der Waals surface area (Å²) in [5.74, 6) is -0.643. The van der Waals surface area contributed by atoms with Crippen molar-refractivity contribution in [3.8, 4) is 5.75 Å². The quantitative estimate of drug-likeness (QED) is 0.396. The molecular formula is C25H27ClN2O5S. The van der Waals surface area contributed by atoms with Crippen LogP contribution in [0.1, 0.15) is 34.0 Å². The second kappa shape index (κ2) is 11.2. The lowest BCUT2D eigenvalue weighted by Crippen LogP contribution is -2.26. The Labute approximate surface area is 204 Å². The number of anilines is 2. The predicted octanol–water partition coefficient (Wildman–Crippen LogP) is 5.27. The number of sulfone groups is 1. The lowest BCUT2D eigenvalue weighted by Gasteiger charge is -2.19. The number of amides is 1. The smallest absolute Gasteiger partial charge is 0.255 e. The van der Waals surface area contributed by atoms with Gasteiger partial charge in [-0.25, -0.2) is 8.42 Å². The lowest BCUT2D eigenvalue weighted by atomic mass is 10.1. The first-order valence-corrected chi connectivity index (χ1v) is 12.2. The fraction of sp³-hybridized carbons (Fsp3) is 0.200. The number of benzene rings is 3. The molecule has 0 aromatic heterocycles. The normalized spacial score (nSPS) is 11.7. The number of carbonyl (C=O) groups excluding carboxylic acids is 2. The van der Waals surface area contributed by atoms with Gasteiger partial charge in [0.2, 0.25) is 0 Å². The molecule has 9 heteroatoms. The van der Waals surface area contributed by atoms with E-state index in [0.717, 1.165) is 16.7 Å². The molecule has 1 amide bonds. The van der Waals surface area contributed by atoms with Gasteiger partial charge >= 0.3 is 0 Å². The number of rotatable bonds is 6. The Morgan fingerprint density at radius 2 is 1.56 bits per heavy atom. The molecule has 0 saturated heterocycles. The van der Waals surface area contributed by atoms with Gasteiger partial charge in [0.15, 0.2) is 9.84 Å². The van der Waals surface area contributed by atoms with Gasteiger partial charge < -0.3 is 20.5 Å². The van der Waals surface area contributed by atoms with E-state index in [2.05, 4.69) is 10.6 Å². The van der Waals surface area contributed by atoms with Gasteiger partial charge in [0, 0.05) is 11.6 Å². The second-order valence-corrected chi connectivity index (χ2v) is 10.4. The van der Waals surface area contributed by atoms with Gasteiger partial charge in [-0.3, -0.25) is 4.79 Å². The van der Waals surface area contributed by atoms with Crippen molar-refractivity contribution in [1.82, 2.24) is 0 Å². The Kier molecular flexibility index (Phi) is 8.84. The largest absolute Gasteiger partial charge is 0.506 e. The summed E-state index contributed by atoms with van der Waals surface area (Å²) < 4.78 is 25.9. The topological polar surface area (TPSA) is 113 Å².